The van der Waals surface area contributed by atoms with Gasteiger partial charge in [0, 0.05) is 51.7 Å². The van der Waals surface area contributed by atoms with Crippen molar-refractivity contribution < 1.29 is 4.79 Å². The second-order valence-electron chi connectivity index (χ2n) is 7.03. The number of carbonyl (C=O) groups excluding carboxylic acids is 1. The Morgan fingerprint density at radius 1 is 1.35 bits per heavy atom. The third-order valence-electron chi connectivity index (χ3n) is 5.31. The maximum atomic E-state index is 12.7. The summed E-state index contributed by atoms with van der Waals surface area (Å²) in [7, 11) is 3.80. The van der Waals surface area contributed by atoms with E-state index in [1.165, 1.54) is 0 Å². The smallest absolute Gasteiger partial charge is 0.222 e. The summed E-state index contributed by atoms with van der Waals surface area (Å²) in [6.45, 7) is 3.72. The van der Waals surface area contributed by atoms with Crippen molar-refractivity contribution in [2.75, 3.05) is 25.5 Å². The zero-order valence-corrected chi connectivity index (χ0v) is 15.9. The van der Waals surface area contributed by atoms with Crippen LogP contribution in [0.5, 0.6) is 0 Å². The number of amides is 1. The molecule has 0 saturated carbocycles. The minimum absolute atomic E-state index is 0.242. The van der Waals surface area contributed by atoms with Crippen molar-refractivity contribution in [2.45, 2.75) is 39.0 Å². The standard InChI is InChI=1S/C19H28N6O/c1-14-16(12-23-24(14)3)6-7-18(26)25-10-4-5-15(13-25)11-17-19(20-2)22-9-8-21-17/h8-9,12,15H,4-7,10-11,13H2,1-3H3,(H,20,22)/t15-/m0/s1. The number of hydrogen-bond donors (Lipinski definition) is 1. The monoisotopic (exact) mass is 356 g/mol. The van der Waals surface area contributed by atoms with Gasteiger partial charge < -0.3 is 10.2 Å². The molecule has 3 rings (SSSR count). The predicted molar refractivity (Wildman–Crippen MR) is 101 cm³/mol. The Morgan fingerprint density at radius 2 is 2.15 bits per heavy atom. The first-order chi connectivity index (χ1) is 12.6. The molecule has 1 fully saturated rings. The molecule has 0 bridgehead atoms. The number of carbonyl (C=O) groups is 1. The number of piperidine rings is 1. The molecule has 0 aliphatic carbocycles. The van der Waals surface area contributed by atoms with Gasteiger partial charge in [-0.25, -0.2) is 4.98 Å². The Kier molecular flexibility index (Phi) is 5.85. The van der Waals surface area contributed by atoms with Crippen molar-refractivity contribution >= 4 is 11.7 Å². The van der Waals surface area contributed by atoms with Gasteiger partial charge in [-0.1, -0.05) is 0 Å². The number of anilines is 1. The average Bonchev–Trinajstić information content (AvgIpc) is 2.99. The van der Waals surface area contributed by atoms with E-state index in [2.05, 4.69) is 20.4 Å². The number of likely N-dealkylation sites (tertiary alicyclic amines) is 1. The van der Waals surface area contributed by atoms with E-state index in [1.54, 1.807) is 12.4 Å². The summed E-state index contributed by atoms with van der Waals surface area (Å²) in [5.41, 5.74) is 3.28. The lowest BCUT2D eigenvalue weighted by Crippen LogP contribution is -2.40. The molecule has 1 N–H and O–H groups in total. The van der Waals surface area contributed by atoms with Crippen molar-refractivity contribution in [3.63, 3.8) is 0 Å². The first-order valence-corrected chi connectivity index (χ1v) is 9.31. The quantitative estimate of drug-likeness (QED) is 0.856. The van der Waals surface area contributed by atoms with Gasteiger partial charge in [0.05, 0.1) is 11.9 Å². The summed E-state index contributed by atoms with van der Waals surface area (Å²) in [4.78, 5) is 23.5. The Bertz CT molecular complexity index is 756. The molecule has 3 heterocycles. The van der Waals surface area contributed by atoms with Crippen LogP contribution in [0.25, 0.3) is 0 Å². The Labute approximate surface area is 154 Å². The normalized spacial score (nSPS) is 17.3. The van der Waals surface area contributed by atoms with E-state index in [9.17, 15) is 4.79 Å². The SMILES string of the molecule is CNc1nccnc1C[C@@H]1CCCN(C(=O)CCc2cnn(C)c2C)C1. The zero-order chi connectivity index (χ0) is 18.5. The molecule has 7 nitrogen and oxygen atoms in total. The molecule has 26 heavy (non-hydrogen) atoms. The van der Waals surface area contributed by atoms with Crippen LogP contribution in [0, 0.1) is 12.8 Å². The average molecular weight is 356 g/mol. The number of nitrogens with one attached hydrogen (secondary N) is 1. The second-order valence-corrected chi connectivity index (χ2v) is 7.03. The van der Waals surface area contributed by atoms with Crippen LogP contribution in [-0.4, -0.2) is 50.7 Å². The summed E-state index contributed by atoms with van der Waals surface area (Å²) in [6, 6.07) is 0. The van der Waals surface area contributed by atoms with Gasteiger partial charge >= 0.3 is 0 Å². The lowest BCUT2D eigenvalue weighted by atomic mass is 9.93. The topological polar surface area (TPSA) is 75.9 Å². The molecule has 2 aromatic rings. The first kappa shape index (κ1) is 18.4. The molecule has 7 heteroatoms. The summed E-state index contributed by atoms with van der Waals surface area (Å²) in [6.07, 6.45) is 9.65. The van der Waals surface area contributed by atoms with Gasteiger partial charge in [0.2, 0.25) is 5.91 Å². The number of aryl methyl sites for hydroxylation is 2. The number of hydrogen-bond acceptors (Lipinski definition) is 5. The second kappa shape index (κ2) is 8.29. The van der Waals surface area contributed by atoms with E-state index in [-0.39, 0.29) is 5.91 Å². The van der Waals surface area contributed by atoms with E-state index >= 15 is 0 Å². The van der Waals surface area contributed by atoms with Gasteiger partial charge in [-0.05, 0) is 44.1 Å². The fraction of sp³-hybridized carbons (Fsp3) is 0.579. The summed E-state index contributed by atoms with van der Waals surface area (Å²) < 4.78 is 1.86. The molecule has 1 amide bonds. The Morgan fingerprint density at radius 3 is 2.88 bits per heavy atom. The summed E-state index contributed by atoms with van der Waals surface area (Å²) >= 11 is 0. The van der Waals surface area contributed by atoms with Crippen molar-refractivity contribution in [1.29, 1.82) is 0 Å². The fourth-order valence-electron chi connectivity index (χ4n) is 3.65. The van der Waals surface area contributed by atoms with Gasteiger partial charge in [-0.15, -0.1) is 0 Å². The molecular formula is C19H28N6O. The predicted octanol–water partition coefficient (Wildman–Crippen LogP) is 1.97. The van der Waals surface area contributed by atoms with Crippen LogP contribution in [0.3, 0.4) is 0 Å². The molecule has 0 spiro atoms. The lowest BCUT2D eigenvalue weighted by Gasteiger charge is -2.33. The fourth-order valence-corrected chi connectivity index (χ4v) is 3.65. The maximum absolute atomic E-state index is 12.7. The van der Waals surface area contributed by atoms with Gasteiger partial charge in [0.1, 0.15) is 5.82 Å². The summed E-state index contributed by atoms with van der Waals surface area (Å²) in [5, 5.41) is 7.36. The van der Waals surface area contributed by atoms with E-state index in [1.807, 2.05) is 36.8 Å². The molecule has 1 atom stereocenters. The molecule has 0 unspecified atom stereocenters. The van der Waals surface area contributed by atoms with Crippen molar-refractivity contribution in [1.82, 2.24) is 24.6 Å². The zero-order valence-electron chi connectivity index (χ0n) is 15.9. The highest BCUT2D eigenvalue weighted by Gasteiger charge is 2.25. The van der Waals surface area contributed by atoms with E-state index in [4.69, 9.17) is 0 Å². The van der Waals surface area contributed by atoms with E-state index < -0.39 is 0 Å². The molecule has 140 valence electrons. The van der Waals surface area contributed by atoms with Crippen molar-refractivity contribution in [3.05, 3.63) is 35.5 Å². The van der Waals surface area contributed by atoms with Crippen LogP contribution < -0.4 is 5.32 Å². The maximum Gasteiger partial charge on any atom is 0.222 e. The molecule has 0 radical (unpaired) electrons. The van der Waals surface area contributed by atoms with Gasteiger partial charge in [0.25, 0.3) is 0 Å². The lowest BCUT2D eigenvalue weighted by molar-refractivity contribution is -0.133. The van der Waals surface area contributed by atoms with E-state index in [0.717, 1.165) is 61.5 Å². The molecule has 1 aliphatic heterocycles. The number of rotatable bonds is 6. The van der Waals surface area contributed by atoms with Crippen molar-refractivity contribution in [2.24, 2.45) is 13.0 Å². The van der Waals surface area contributed by atoms with Crippen LogP contribution in [0.1, 0.15) is 36.2 Å². The number of nitrogens with zero attached hydrogens (tertiary/aromatic N) is 5. The highest BCUT2D eigenvalue weighted by molar-refractivity contribution is 5.76. The highest BCUT2D eigenvalue weighted by Crippen LogP contribution is 2.23. The van der Waals surface area contributed by atoms with Crippen LogP contribution in [0.4, 0.5) is 5.82 Å². The molecule has 0 aromatic carbocycles. The van der Waals surface area contributed by atoms with Crippen LogP contribution >= 0.6 is 0 Å². The third-order valence-corrected chi connectivity index (χ3v) is 5.31. The molecule has 1 saturated heterocycles. The Balaban J connectivity index is 1.55. The molecule has 2 aromatic heterocycles. The number of aromatic nitrogens is 4. The molecular weight excluding hydrogens is 328 g/mol. The van der Waals surface area contributed by atoms with Crippen LogP contribution in [0.15, 0.2) is 18.6 Å². The first-order valence-electron chi connectivity index (χ1n) is 9.31. The Hall–Kier alpha value is -2.44. The van der Waals surface area contributed by atoms with E-state index in [0.29, 0.717) is 12.3 Å². The van der Waals surface area contributed by atoms with Gasteiger partial charge in [-0.3, -0.25) is 14.5 Å². The minimum Gasteiger partial charge on any atom is -0.372 e. The summed E-state index contributed by atoms with van der Waals surface area (Å²) in [5.74, 6) is 1.52. The minimum atomic E-state index is 0.242. The molecule has 1 aliphatic rings. The third kappa shape index (κ3) is 4.20. The van der Waals surface area contributed by atoms with Crippen LogP contribution in [0.2, 0.25) is 0 Å². The largest absolute Gasteiger partial charge is 0.372 e. The van der Waals surface area contributed by atoms with Gasteiger partial charge in [-0.2, -0.15) is 5.10 Å². The van der Waals surface area contributed by atoms with Crippen LogP contribution in [-0.2, 0) is 24.7 Å². The van der Waals surface area contributed by atoms with Gasteiger partial charge in [0.15, 0.2) is 0 Å². The van der Waals surface area contributed by atoms with Crippen molar-refractivity contribution in [3.8, 4) is 0 Å². The highest BCUT2D eigenvalue weighted by atomic mass is 16.2.